The van der Waals surface area contributed by atoms with Gasteiger partial charge < -0.3 is 15.5 Å². The Labute approximate surface area is 105 Å². The summed E-state index contributed by atoms with van der Waals surface area (Å²) < 4.78 is 0. The Morgan fingerprint density at radius 3 is 1.71 bits per heavy atom. The van der Waals surface area contributed by atoms with Crippen molar-refractivity contribution in [1.82, 2.24) is 5.32 Å². The van der Waals surface area contributed by atoms with Crippen LogP contribution in [-0.4, -0.2) is 35.5 Å². The molecule has 100 valence electrons. The topological polar surface area (TPSA) is 52.5 Å². The van der Waals surface area contributed by atoms with Crippen molar-refractivity contribution in [3.8, 4) is 0 Å². The molecule has 0 aromatic rings. The number of hydrogen-bond donors (Lipinski definition) is 3. The Morgan fingerprint density at radius 2 is 1.41 bits per heavy atom. The van der Waals surface area contributed by atoms with E-state index >= 15 is 0 Å². The highest BCUT2D eigenvalue weighted by molar-refractivity contribution is 5.12. The predicted molar refractivity (Wildman–Crippen MR) is 68.8 cm³/mol. The Bertz CT molecular complexity index is 289. The van der Waals surface area contributed by atoms with Crippen LogP contribution in [0, 0.1) is 16.2 Å². The molecule has 17 heavy (non-hydrogen) atoms. The third-order valence-corrected chi connectivity index (χ3v) is 4.72. The Balaban J connectivity index is 2.33. The largest absolute Gasteiger partial charge is 0.396 e. The van der Waals surface area contributed by atoms with Crippen LogP contribution in [0.4, 0.5) is 0 Å². The minimum atomic E-state index is -0.712. The van der Waals surface area contributed by atoms with Gasteiger partial charge in [0.05, 0.1) is 12.2 Å². The first kappa shape index (κ1) is 13.3. The van der Waals surface area contributed by atoms with Gasteiger partial charge in [0.1, 0.15) is 0 Å². The van der Waals surface area contributed by atoms with Crippen molar-refractivity contribution < 1.29 is 10.2 Å². The molecule has 1 heterocycles. The normalized spacial score (nSPS) is 32.8. The molecule has 3 N–H and O–H groups in total. The van der Waals surface area contributed by atoms with E-state index in [4.69, 9.17) is 0 Å². The van der Waals surface area contributed by atoms with Gasteiger partial charge in [-0.2, -0.15) is 0 Å². The summed E-state index contributed by atoms with van der Waals surface area (Å²) in [6.07, 6.45) is 2.99. The molecule has 1 aliphatic heterocycles. The van der Waals surface area contributed by atoms with E-state index in [1.807, 2.05) is 0 Å². The second-order valence-electron chi connectivity index (χ2n) is 7.93. The van der Waals surface area contributed by atoms with Gasteiger partial charge >= 0.3 is 0 Å². The highest BCUT2D eigenvalue weighted by Crippen LogP contribution is 2.58. The maximum absolute atomic E-state index is 10.7. The van der Waals surface area contributed by atoms with E-state index in [9.17, 15) is 10.2 Å². The van der Waals surface area contributed by atoms with Gasteiger partial charge in [0.15, 0.2) is 0 Å². The van der Waals surface area contributed by atoms with Crippen molar-refractivity contribution in [2.24, 2.45) is 16.2 Å². The average Bonchev–Trinajstić information content (AvgIpc) is 2.08. The Kier molecular flexibility index (Phi) is 2.89. The highest BCUT2D eigenvalue weighted by Gasteiger charge is 2.59. The second-order valence-corrected chi connectivity index (χ2v) is 7.93. The average molecular weight is 241 g/mol. The van der Waals surface area contributed by atoms with Crippen LogP contribution in [0.1, 0.15) is 47.0 Å². The summed E-state index contributed by atoms with van der Waals surface area (Å²) >= 11 is 0. The molecule has 0 unspecified atom stereocenters. The lowest BCUT2D eigenvalue weighted by Crippen LogP contribution is -2.71. The van der Waals surface area contributed by atoms with Gasteiger partial charge in [0, 0.05) is 18.5 Å². The SMILES string of the molecule is CC1(C)CC(C)(C)CC(CO)(C2(O)CNC2)C1. The third-order valence-electron chi connectivity index (χ3n) is 4.72. The second kappa shape index (κ2) is 3.69. The van der Waals surface area contributed by atoms with Gasteiger partial charge in [0.2, 0.25) is 0 Å². The van der Waals surface area contributed by atoms with Gasteiger partial charge in [-0.25, -0.2) is 0 Å². The molecular formula is C14H27NO2. The number of rotatable bonds is 2. The van der Waals surface area contributed by atoms with E-state index < -0.39 is 5.60 Å². The Hall–Kier alpha value is -0.120. The van der Waals surface area contributed by atoms with E-state index in [1.165, 1.54) is 0 Å². The molecule has 0 atom stereocenters. The van der Waals surface area contributed by atoms with Crippen LogP contribution in [0.15, 0.2) is 0 Å². The highest BCUT2D eigenvalue weighted by atomic mass is 16.3. The van der Waals surface area contributed by atoms with Crippen molar-refractivity contribution in [2.75, 3.05) is 19.7 Å². The van der Waals surface area contributed by atoms with Crippen molar-refractivity contribution in [3.63, 3.8) is 0 Å². The third kappa shape index (κ3) is 2.13. The van der Waals surface area contributed by atoms with Gasteiger partial charge in [-0.1, -0.05) is 27.7 Å². The fourth-order valence-corrected chi connectivity index (χ4v) is 4.64. The summed E-state index contributed by atoms with van der Waals surface area (Å²) in [6, 6.07) is 0. The molecule has 0 bridgehead atoms. The minimum Gasteiger partial charge on any atom is -0.396 e. The quantitative estimate of drug-likeness (QED) is 0.687. The molecule has 0 spiro atoms. The zero-order valence-corrected chi connectivity index (χ0v) is 11.6. The number of aliphatic hydroxyl groups excluding tert-OH is 1. The van der Waals surface area contributed by atoms with Crippen LogP contribution in [0.3, 0.4) is 0 Å². The van der Waals surface area contributed by atoms with Crippen LogP contribution in [0.5, 0.6) is 0 Å². The molecule has 3 nitrogen and oxygen atoms in total. The first-order valence-corrected chi connectivity index (χ1v) is 6.68. The summed E-state index contributed by atoms with van der Waals surface area (Å²) in [5, 5.41) is 23.8. The van der Waals surface area contributed by atoms with Crippen molar-refractivity contribution in [1.29, 1.82) is 0 Å². The summed E-state index contributed by atoms with van der Waals surface area (Å²) in [5.41, 5.74) is -0.661. The molecule has 1 saturated heterocycles. The van der Waals surface area contributed by atoms with E-state index in [0.29, 0.717) is 13.1 Å². The maximum Gasteiger partial charge on any atom is 0.0973 e. The standard InChI is InChI=1S/C14H27NO2/c1-11(2)5-12(3,4)7-13(6-11,10-16)14(17)8-15-9-14/h15-17H,5-10H2,1-4H3. The summed E-state index contributed by atoms with van der Waals surface area (Å²) in [4.78, 5) is 0. The summed E-state index contributed by atoms with van der Waals surface area (Å²) in [5.74, 6) is 0. The van der Waals surface area contributed by atoms with Crippen molar-refractivity contribution in [3.05, 3.63) is 0 Å². The molecule has 2 aliphatic rings. The van der Waals surface area contributed by atoms with Crippen LogP contribution < -0.4 is 5.32 Å². The van der Waals surface area contributed by atoms with Crippen LogP contribution in [0.25, 0.3) is 0 Å². The molecule has 0 radical (unpaired) electrons. The molecule has 1 aliphatic carbocycles. The fraction of sp³-hybridized carbons (Fsp3) is 1.00. The lowest BCUT2D eigenvalue weighted by atomic mass is 9.49. The monoisotopic (exact) mass is 241 g/mol. The lowest BCUT2D eigenvalue weighted by molar-refractivity contribution is -0.190. The number of aliphatic hydroxyl groups is 2. The first-order valence-electron chi connectivity index (χ1n) is 6.68. The predicted octanol–water partition coefficient (Wildman–Crippen LogP) is 1.54. The summed E-state index contributed by atoms with van der Waals surface area (Å²) in [7, 11) is 0. The molecule has 0 aromatic heterocycles. The number of β-amino-alcohol motifs (C(OH)–C–C–N with tert-alkyl or cyclic N) is 1. The van der Waals surface area contributed by atoms with Crippen molar-refractivity contribution in [2.45, 2.75) is 52.6 Å². The first-order chi connectivity index (χ1) is 7.64. The summed E-state index contributed by atoms with van der Waals surface area (Å²) in [6.45, 7) is 10.4. The molecule has 0 aromatic carbocycles. The van der Waals surface area contributed by atoms with Gasteiger partial charge in [-0.15, -0.1) is 0 Å². The number of hydrogen-bond acceptors (Lipinski definition) is 3. The molecule has 2 fully saturated rings. The molecular weight excluding hydrogens is 214 g/mol. The Morgan fingerprint density at radius 1 is 0.941 bits per heavy atom. The lowest BCUT2D eigenvalue weighted by Gasteiger charge is -2.60. The van der Waals surface area contributed by atoms with E-state index in [1.54, 1.807) is 0 Å². The van der Waals surface area contributed by atoms with E-state index in [0.717, 1.165) is 19.3 Å². The zero-order chi connectivity index (χ0) is 12.9. The molecule has 1 saturated carbocycles. The zero-order valence-electron chi connectivity index (χ0n) is 11.6. The van der Waals surface area contributed by atoms with E-state index in [2.05, 4.69) is 33.0 Å². The minimum absolute atomic E-state index is 0.0953. The number of nitrogens with one attached hydrogen (secondary N) is 1. The van der Waals surface area contributed by atoms with Crippen molar-refractivity contribution >= 4 is 0 Å². The fourth-order valence-electron chi connectivity index (χ4n) is 4.64. The van der Waals surface area contributed by atoms with Crippen LogP contribution >= 0.6 is 0 Å². The smallest absolute Gasteiger partial charge is 0.0973 e. The molecule has 2 rings (SSSR count). The van der Waals surface area contributed by atoms with Gasteiger partial charge in [0.25, 0.3) is 0 Å². The molecule has 3 heteroatoms. The van der Waals surface area contributed by atoms with Crippen LogP contribution in [0.2, 0.25) is 0 Å². The van der Waals surface area contributed by atoms with Gasteiger partial charge in [-0.05, 0) is 30.1 Å². The maximum atomic E-state index is 10.7. The van der Waals surface area contributed by atoms with Crippen LogP contribution in [-0.2, 0) is 0 Å². The van der Waals surface area contributed by atoms with Gasteiger partial charge in [-0.3, -0.25) is 0 Å². The van der Waals surface area contributed by atoms with E-state index in [-0.39, 0.29) is 22.9 Å². The molecule has 0 amide bonds.